The Labute approximate surface area is 251 Å². The number of hydrogen-bond donors (Lipinski definition) is 0. The number of aromatic nitrogens is 6. The van der Waals surface area contributed by atoms with E-state index in [1.54, 1.807) is 6.20 Å². The zero-order chi connectivity index (χ0) is 28.6. The molecule has 11 rings (SSSR count). The highest BCUT2D eigenvalue weighted by atomic mass is 16.5. The average Bonchev–Trinajstić information content (AvgIpc) is 3.75. The van der Waals surface area contributed by atoms with Crippen LogP contribution in [0.25, 0.3) is 55.7 Å². The summed E-state index contributed by atoms with van der Waals surface area (Å²) in [5.74, 6) is 2.85. The molecule has 204 valence electrons. The molecule has 0 saturated heterocycles. The van der Waals surface area contributed by atoms with Crippen molar-refractivity contribution in [1.29, 1.82) is 0 Å². The van der Waals surface area contributed by atoms with Gasteiger partial charge in [-0.15, -0.1) is 4.68 Å². The lowest BCUT2D eigenvalue weighted by atomic mass is 9.84. The first-order chi connectivity index (χ1) is 21.8. The van der Waals surface area contributed by atoms with Crippen molar-refractivity contribution >= 4 is 21.8 Å². The molecule has 1 spiro atoms. The zero-order valence-corrected chi connectivity index (χ0v) is 23.3. The van der Waals surface area contributed by atoms with Gasteiger partial charge in [-0.3, -0.25) is 9.97 Å². The molecule has 0 radical (unpaired) electrons. The molecular weight excluding hydrogens is 544 g/mol. The van der Waals surface area contributed by atoms with Crippen molar-refractivity contribution in [3.05, 3.63) is 145 Å². The van der Waals surface area contributed by atoms with Gasteiger partial charge in [0.05, 0.1) is 23.7 Å². The minimum absolute atomic E-state index is 0.701. The third kappa shape index (κ3) is 2.48. The van der Waals surface area contributed by atoms with Gasteiger partial charge in [-0.1, -0.05) is 41.1 Å². The summed E-state index contributed by atoms with van der Waals surface area (Å²) < 4.78 is 16.2. The maximum absolute atomic E-state index is 6.74. The summed E-state index contributed by atoms with van der Waals surface area (Å²) in [7, 11) is 0. The number of fused-ring (bicyclic) bond motifs is 7. The number of benzene rings is 3. The minimum atomic E-state index is -0.701. The fourth-order valence-electron chi connectivity index (χ4n) is 7.82. The molecule has 1 unspecified atom stereocenters. The largest absolute Gasteiger partial charge is 0.456 e. The van der Waals surface area contributed by atoms with Crippen LogP contribution in [-0.4, -0.2) is 19.2 Å². The van der Waals surface area contributed by atoms with Gasteiger partial charge in [0.1, 0.15) is 28.3 Å². The number of pyridine rings is 3. The van der Waals surface area contributed by atoms with Crippen LogP contribution >= 0.6 is 0 Å². The summed E-state index contributed by atoms with van der Waals surface area (Å²) in [6.45, 7) is 0. The summed E-state index contributed by atoms with van der Waals surface area (Å²) in [4.78, 5) is 9.19. The topological polar surface area (TPSA) is 52.6 Å². The number of nitrogens with zero attached hydrogens (tertiary/aromatic N) is 6. The van der Waals surface area contributed by atoms with Gasteiger partial charge in [0, 0.05) is 46.6 Å². The Balaban J connectivity index is 1.25. The van der Waals surface area contributed by atoms with Crippen LogP contribution in [0.15, 0.2) is 134 Å². The monoisotopic (exact) mass is 566 g/mol. The van der Waals surface area contributed by atoms with Crippen molar-refractivity contribution in [1.82, 2.24) is 19.2 Å². The molecule has 0 aliphatic carbocycles. The molecule has 44 heavy (non-hydrogen) atoms. The fourth-order valence-corrected chi connectivity index (χ4v) is 7.82. The SMILES string of the molecule is c1cncc(-c2ccc(-c3cn4[n+](c3)C35c6c(cccc6-4)Oc4ccc6c7ccccc7n(c6c43)-c3cccc[n+]35)nc2)c1. The zero-order valence-electron chi connectivity index (χ0n) is 23.3. The highest BCUT2D eigenvalue weighted by molar-refractivity contribution is 6.11. The van der Waals surface area contributed by atoms with Crippen LogP contribution < -0.4 is 14.0 Å². The van der Waals surface area contributed by atoms with E-state index in [0.29, 0.717) is 0 Å². The molecule has 7 heteroatoms. The molecule has 0 N–H and O–H groups in total. The first-order valence-corrected chi connectivity index (χ1v) is 14.7. The molecule has 0 bridgehead atoms. The maximum Gasteiger partial charge on any atom is 0.397 e. The lowest BCUT2D eigenvalue weighted by Gasteiger charge is -2.32. The van der Waals surface area contributed by atoms with Crippen molar-refractivity contribution in [2.24, 2.45) is 0 Å². The normalized spacial score (nSPS) is 16.5. The van der Waals surface area contributed by atoms with E-state index in [1.165, 1.54) is 21.8 Å². The summed E-state index contributed by atoms with van der Waals surface area (Å²) in [5, 5.41) is 2.45. The lowest BCUT2D eigenvalue weighted by Crippen LogP contribution is -2.76. The van der Waals surface area contributed by atoms with Gasteiger partial charge in [-0.25, -0.2) is 0 Å². The number of rotatable bonds is 2. The van der Waals surface area contributed by atoms with Gasteiger partial charge in [0.15, 0.2) is 11.1 Å². The van der Waals surface area contributed by atoms with Gasteiger partial charge in [-0.05, 0) is 54.6 Å². The Morgan fingerprint density at radius 1 is 0.705 bits per heavy atom. The molecule has 3 aliphatic rings. The highest BCUT2D eigenvalue weighted by Gasteiger charge is 2.68. The first kappa shape index (κ1) is 22.5. The van der Waals surface area contributed by atoms with Crippen LogP contribution in [0, 0.1) is 0 Å². The molecular formula is C37H22N6O+2. The van der Waals surface area contributed by atoms with Crippen LogP contribution in [0.1, 0.15) is 11.1 Å². The third-order valence-electron chi connectivity index (χ3n) is 9.52. The number of para-hydroxylation sites is 1. The predicted molar refractivity (Wildman–Crippen MR) is 165 cm³/mol. The third-order valence-corrected chi connectivity index (χ3v) is 9.52. The van der Waals surface area contributed by atoms with Crippen molar-refractivity contribution in [3.63, 3.8) is 0 Å². The molecule has 1 atom stereocenters. The highest BCUT2D eigenvalue weighted by Crippen LogP contribution is 2.55. The van der Waals surface area contributed by atoms with Gasteiger partial charge in [0.2, 0.25) is 6.20 Å². The Morgan fingerprint density at radius 2 is 1.61 bits per heavy atom. The smallest absolute Gasteiger partial charge is 0.397 e. The predicted octanol–water partition coefficient (Wildman–Crippen LogP) is 6.30. The summed E-state index contributed by atoms with van der Waals surface area (Å²) in [6.07, 6.45) is 12.2. The first-order valence-electron chi connectivity index (χ1n) is 14.7. The van der Waals surface area contributed by atoms with E-state index in [9.17, 15) is 0 Å². The van der Waals surface area contributed by atoms with Gasteiger partial charge < -0.3 is 4.74 Å². The van der Waals surface area contributed by atoms with Crippen LogP contribution in [0.4, 0.5) is 0 Å². The summed E-state index contributed by atoms with van der Waals surface area (Å²) in [6, 6.07) is 34.1. The average molecular weight is 567 g/mol. The second-order valence-corrected chi connectivity index (χ2v) is 11.6. The standard InChI is InChI=1S/C37H22N6O/c1-2-9-29-26(8-1)27-14-16-32-35-36(27)43(29)33-12-3-4-18-40(33)37(35)34-30(10-5-11-31(34)44-32)41-21-25(22-42(37)41)28-15-13-24(20-39-28)23-7-6-17-38-19-23/h1-22H/q+2. The maximum atomic E-state index is 6.74. The van der Waals surface area contributed by atoms with Crippen LogP contribution in [0.3, 0.4) is 0 Å². The van der Waals surface area contributed by atoms with E-state index >= 15 is 0 Å². The molecule has 0 saturated carbocycles. The lowest BCUT2D eigenvalue weighted by molar-refractivity contribution is -0.993. The number of ether oxygens (including phenoxy) is 1. The Hall–Kier alpha value is -6.08. The van der Waals surface area contributed by atoms with Crippen LogP contribution in [-0.2, 0) is 5.66 Å². The molecule has 0 fully saturated rings. The molecule has 8 aromatic rings. The Kier molecular flexibility index (Phi) is 3.91. The van der Waals surface area contributed by atoms with Crippen molar-refractivity contribution in [2.45, 2.75) is 5.66 Å². The van der Waals surface area contributed by atoms with E-state index < -0.39 is 5.66 Å². The van der Waals surface area contributed by atoms with Crippen LogP contribution in [0.2, 0.25) is 0 Å². The van der Waals surface area contributed by atoms with E-state index in [2.05, 4.69) is 133 Å². The van der Waals surface area contributed by atoms with Crippen molar-refractivity contribution in [3.8, 4) is 45.4 Å². The van der Waals surface area contributed by atoms with Gasteiger partial charge in [-0.2, -0.15) is 9.13 Å². The molecule has 8 heterocycles. The van der Waals surface area contributed by atoms with E-state index in [0.717, 1.165) is 56.5 Å². The Morgan fingerprint density at radius 3 is 2.52 bits per heavy atom. The molecule has 5 aromatic heterocycles. The molecule has 3 aliphatic heterocycles. The second kappa shape index (κ2) is 7.65. The van der Waals surface area contributed by atoms with Crippen LogP contribution in [0.5, 0.6) is 11.5 Å². The van der Waals surface area contributed by atoms with Gasteiger partial charge in [0.25, 0.3) is 5.82 Å². The fraction of sp³-hybridized carbons (Fsp3) is 0.0270. The molecule has 3 aromatic carbocycles. The van der Waals surface area contributed by atoms with E-state index in [4.69, 9.17) is 9.72 Å². The Bertz CT molecular complexity index is 2530. The van der Waals surface area contributed by atoms with E-state index in [1.807, 2.05) is 18.5 Å². The molecule has 0 amide bonds. The van der Waals surface area contributed by atoms with E-state index in [-0.39, 0.29) is 0 Å². The number of hydrogen-bond acceptors (Lipinski definition) is 3. The van der Waals surface area contributed by atoms with Gasteiger partial charge >= 0.3 is 5.66 Å². The summed E-state index contributed by atoms with van der Waals surface area (Å²) in [5.41, 5.74) is 9.08. The summed E-state index contributed by atoms with van der Waals surface area (Å²) >= 11 is 0. The van der Waals surface area contributed by atoms with Crippen molar-refractivity contribution < 1.29 is 14.0 Å². The quantitative estimate of drug-likeness (QED) is 0.231. The second-order valence-electron chi connectivity index (χ2n) is 11.6. The minimum Gasteiger partial charge on any atom is -0.456 e. The molecule has 7 nitrogen and oxygen atoms in total. The van der Waals surface area contributed by atoms with Crippen molar-refractivity contribution in [2.75, 3.05) is 0 Å².